The van der Waals surface area contributed by atoms with Crippen LogP contribution >= 0.6 is 0 Å². The molecule has 1 amide bonds. The minimum absolute atomic E-state index is 0.0360. The number of hydrogen-bond donors (Lipinski definition) is 1. The van der Waals surface area contributed by atoms with Crippen LogP contribution in [0, 0.1) is 0 Å². The van der Waals surface area contributed by atoms with Gasteiger partial charge in [0.15, 0.2) is 0 Å². The second-order valence-corrected chi connectivity index (χ2v) is 6.36. The fourth-order valence-corrected chi connectivity index (χ4v) is 2.36. The summed E-state index contributed by atoms with van der Waals surface area (Å²) in [5, 5.41) is 8.71. The van der Waals surface area contributed by atoms with Gasteiger partial charge in [-0.15, -0.1) is 0 Å². The Bertz CT molecular complexity index is 537. The number of hydrogen-bond acceptors (Lipinski definition) is 4. The van der Waals surface area contributed by atoms with Gasteiger partial charge in [-0.05, 0) is 24.3 Å². The lowest BCUT2D eigenvalue weighted by Gasteiger charge is -2.18. The first kappa shape index (κ1) is 15.6. The summed E-state index contributed by atoms with van der Waals surface area (Å²) < 4.78 is 24.9. The molecule has 106 valence electrons. The number of aliphatic hydroxyl groups excluding tert-OH is 1. The number of anilines is 1. The van der Waals surface area contributed by atoms with E-state index in [9.17, 15) is 13.2 Å². The van der Waals surface area contributed by atoms with Gasteiger partial charge in [0, 0.05) is 26.8 Å². The lowest BCUT2D eigenvalue weighted by Crippen LogP contribution is -2.27. The molecule has 1 aromatic carbocycles. The van der Waals surface area contributed by atoms with E-state index in [0.29, 0.717) is 5.69 Å². The van der Waals surface area contributed by atoms with Crippen molar-refractivity contribution in [2.45, 2.75) is 11.3 Å². The van der Waals surface area contributed by atoms with Crippen LogP contribution in [0.2, 0.25) is 0 Å². The smallest absolute Gasteiger partial charge is 0.242 e. The van der Waals surface area contributed by atoms with E-state index in [1.807, 2.05) is 0 Å². The molecule has 0 saturated heterocycles. The van der Waals surface area contributed by atoms with Crippen LogP contribution in [-0.2, 0) is 14.8 Å². The third kappa shape index (κ3) is 3.52. The highest BCUT2D eigenvalue weighted by molar-refractivity contribution is 7.89. The monoisotopic (exact) mass is 286 g/mol. The van der Waals surface area contributed by atoms with Gasteiger partial charge in [-0.3, -0.25) is 4.79 Å². The number of sulfonamides is 1. The van der Waals surface area contributed by atoms with E-state index < -0.39 is 10.0 Å². The molecule has 1 N–H and O–H groups in total. The summed E-state index contributed by atoms with van der Waals surface area (Å²) in [6.45, 7) is -0.212. The third-order valence-corrected chi connectivity index (χ3v) is 4.53. The molecule has 1 aromatic rings. The molecular formula is C12H18N2O4S. The van der Waals surface area contributed by atoms with Crippen LogP contribution in [0.3, 0.4) is 0 Å². The first-order valence-corrected chi connectivity index (χ1v) is 7.14. The van der Waals surface area contributed by atoms with Crippen LogP contribution in [0.5, 0.6) is 0 Å². The van der Waals surface area contributed by atoms with Gasteiger partial charge in [0.05, 0.1) is 17.9 Å². The summed E-state index contributed by atoms with van der Waals surface area (Å²) >= 11 is 0. The van der Waals surface area contributed by atoms with Crippen molar-refractivity contribution in [1.29, 1.82) is 0 Å². The zero-order valence-corrected chi connectivity index (χ0v) is 12.0. The standard InChI is InChI=1S/C12H18N2O4S/c1-13(2)19(17,18)11-6-4-10(5-7-11)14(3)12(16)8-9-15/h4-7,15H,8-9H2,1-3H3. The highest BCUT2D eigenvalue weighted by atomic mass is 32.2. The SMILES string of the molecule is CN(C(=O)CCO)c1ccc(S(=O)(=O)N(C)C)cc1. The van der Waals surface area contributed by atoms with Gasteiger partial charge >= 0.3 is 0 Å². The van der Waals surface area contributed by atoms with Crippen molar-refractivity contribution in [2.24, 2.45) is 0 Å². The van der Waals surface area contributed by atoms with Gasteiger partial charge in [-0.1, -0.05) is 0 Å². The maximum Gasteiger partial charge on any atom is 0.242 e. The van der Waals surface area contributed by atoms with E-state index >= 15 is 0 Å². The average molecular weight is 286 g/mol. The van der Waals surface area contributed by atoms with Crippen LogP contribution < -0.4 is 4.90 Å². The Morgan fingerprint density at radius 1 is 1.16 bits per heavy atom. The second kappa shape index (κ2) is 6.14. The highest BCUT2D eigenvalue weighted by Gasteiger charge is 2.17. The molecule has 0 spiro atoms. The topological polar surface area (TPSA) is 77.9 Å². The molecule has 19 heavy (non-hydrogen) atoms. The van der Waals surface area contributed by atoms with Gasteiger partial charge in [0.2, 0.25) is 15.9 Å². The molecular weight excluding hydrogens is 268 g/mol. The Morgan fingerprint density at radius 2 is 1.68 bits per heavy atom. The minimum atomic E-state index is -3.46. The van der Waals surface area contributed by atoms with Crippen molar-refractivity contribution < 1.29 is 18.3 Å². The average Bonchev–Trinajstić information content (AvgIpc) is 2.38. The Hall–Kier alpha value is -1.44. The highest BCUT2D eigenvalue weighted by Crippen LogP contribution is 2.19. The lowest BCUT2D eigenvalue weighted by atomic mass is 10.3. The van der Waals surface area contributed by atoms with Crippen molar-refractivity contribution in [3.05, 3.63) is 24.3 Å². The predicted octanol–water partition coefficient (Wildman–Crippen LogP) is 0.282. The van der Waals surface area contributed by atoms with Crippen molar-refractivity contribution in [1.82, 2.24) is 4.31 Å². The first-order chi connectivity index (χ1) is 8.80. The number of amides is 1. The van der Waals surface area contributed by atoms with Gasteiger partial charge in [0.1, 0.15) is 0 Å². The van der Waals surface area contributed by atoms with E-state index in [4.69, 9.17) is 5.11 Å². The van der Waals surface area contributed by atoms with Crippen molar-refractivity contribution >= 4 is 21.6 Å². The normalized spacial score (nSPS) is 11.6. The Morgan fingerprint density at radius 3 is 2.11 bits per heavy atom. The molecule has 0 aliphatic carbocycles. The van der Waals surface area contributed by atoms with Crippen LogP contribution in [0.25, 0.3) is 0 Å². The molecule has 0 unspecified atom stereocenters. The Balaban J connectivity index is 2.97. The third-order valence-electron chi connectivity index (χ3n) is 2.70. The van der Waals surface area contributed by atoms with Crippen LogP contribution in [0.15, 0.2) is 29.2 Å². The Labute approximate surface area is 113 Å². The van der Waals surface area contributed by atoms with Crippen molar-refractivity contribution in [3.63, 3.8) is 0 Å². The Kier molecular flexibility index (Phi) is 5.04. The van der Waals surface area contributed by atoms with Gasteiger partial charge in [-0.2, -0.15) is 0 Å². The van der Waals surface area contributed by atoms with Crippen LogP contribution in [-0.4, -0.2) is 51.5 Å². The number of carbonyl (C=O) groups excluding carboxylic acids is 1. The van der Waals surface area contributed by atoms with Crippen LogP contribution in [0.1, 0.15) is 6.42 Å². The predicted molar refractivity (Wildman–Crippen MR) is 72.4 cm³/mol. The quantitative estimate of drug-likeness (QED) is 0.843. The van der Waals surface area contributed by atoms with E-state index in [0.717, 1.165) is 4.31 Å². The molecule has 0 saturated carbocycles. The lowest BCUT2D eigenvalue weighted by molar-refractivity contribution is -0.118. The molecule has 0 atom stereocenters. The van der Waals surface area contributed by atoms with E-state index in [2.05, 4.69) is 0 Å². The molecule has 0 aliphatic rings. The fraction of sp³-hybridized carbons (Fsp3) is 0.417. The number of carbonyl (C=O) groups is 1. The zero-order chi connectivity index (χ0) is 14.6. The molecule has 0 aliphatic heterocycles. The van der Waals surface area contributed by atoms with Gasteiger partial charge < -0.3 is 10.0 Å². The number of rotatable bonds is 5. The summed E-state index contributed by atoms with van der Waals surface area (Å²) in [5.41, 5.74) is 0.580. The molecule has 0 aromatic heterocycles. The number of nitrogens with zero attached hydrogens (tertiary/aromatic N) is 2. The van der Waals surface area contributed by atoms with E-state index in [1.165, 1.54) is 31.1 Å². The van der Waals surface area contributed by atoms with Crippen LogP contribution in [0.4, 0.5) is 5.69 Å². The molecule has 1 rings (SSSR count). The molecule has 0 bridgehead atoms. The molecule has 7 heteroatoms. The molecule has 0 radical (unpaired) electrons. The molecule has 0 heterocycles. The first-order valence-electron chi connectivity index (χ1n) is 5.70. The fourth-order valence-electron chi connectivity index (χ4n) is 1.46. The second-order valence-electron chi connectivity index (χ2n) is 4.21. The number of benzene rings is 1. The van der Waals surface area contributed by atoms with Gasteiger partial charge in [0.25, 0.3) is 0 Å². The molecule has 0 fully saturated rings. The van der Waals surface area contributed by atoms with E-state index in [1.54, 1.807) is 19.2 Å². The summed E-state index contributed by atoms with van der Waals surface area (Å²) in [7, 11) is 1.03. The minimum Gasteiger partial charge on any atom is -0.396 e. The summed E-state index contributed by atoms with van der Waals surface area (Å²) in [4.78, 5) is 13.1. The van der Waals surface area contributed by atoms with Gasteiger partial charge in [-0.25, -0.2) is 12.7 Å². The molecule has 6 nitrogen and oxygen atoms in total. The zero-order valence-electron chi connectivity index (χ0n) is 11.2. The van der Waals surface area contributed by atoms with E-state index in [-0.39, 0.29) is 23.8 Å². The van der Waals surface area contributed by atoms with Crippen molar-refractivity contribution in [3.8, 4) is 0 Å². The summed E-state index contributed by atoms with van der Waals surface area (Å²) in [6.07, 6.45) is 0.0360. The van der Waals surface area contributed by atoms with Crippen molar-refractivity contribution in [2.75, 3.05) is 32.6 Å². The summed E-state index contributed by atoms with van der Waals surface area (Å²) in [6, 6.07) is 6.03. The maximum absolute atomic E-state index is 11.9. The maximum atomic E-state index is 11.9. The number of aliphatic hydroxyl groups is 1. The largest absolute Gasteiger partial charge is 0.396 e. The summed E-state index contributed by atoms with van der Waals surface area (Å²) in [5.74, 6) is -0.231.